The molecule has 0 radical (unpaired) electrons. The van der Waals surface area contributed by atoms with Crippen molar-refractivity contribution in [3.05, 3.63) is 30.1 Å². The van der Waals surface area contributed by atoms with Crippen LogP contribution in [0.15, 0.2) is 34.5 Å². The Morgan fingerprint density at radius 3 is 3.00 bits per heavy atom. The Bertz CT molecular complexity index is 340. The Hall–Kier alpha value is -1.51. The van der Waals surface area contributed by atoms with Crippen molar-refractivity contribution in [1.82, 2.24) is 4.98 Å². The number of aliphatic imine (C=N–C) groups is 2. The zero-order valence-corrected chi connectivity index (χ0v) is 7.51. The third-order valence-corrected chi connectivity index (χ3v) is 1.90. The number of pyridine rings is 1. The summed E-state index contributed by atoms with van der Waals surface area (Å²) in [4.78, 5) is 12.6. The first-order valence-electron chi connectivity index (χ1n) is 4.35. The Labute approximate surface area is 77.3 Å². The fourth-order valence-corrected chi connectivity index (χ4v) is 1.18. The lowest BCUT2D eigenvalue weighted by Gasteiger charge is -2.09. The van der Waals surface area contributed by atoms with E-state index in [9.17, 15) is 0 Å². The fraction of sp³-hybridized carbons (Fsp3) is 0.300. The van der Waals surface area contributed by atoms with Gasteiger partial charge in [-0.25, -0.2) is 4.99 Å². The molecule has 0 aromatic carbocycles. The molecule has 0 saturated heterocycles. The fourth-order valence-electron chi connectivity index (χ4n) is 1.18. The van der Waals surface area contributed by atoms with Crippen LogP contribution in [0, 0.1) is 5.92 Å². The van der Waals surface area contributed by atoms with Crippen LogP contribution in [-0.4, -0.2) is 23.6 Å². The molecule has 1 aromatic heterocycles. The van der Waals surface area contributed by atoms with Crippen LogP contribution in [0.1, 0.15) is 12.5 Å². The van der Waals surface area contributed by atoms with Crippen LogP contribution in [0.5, 0.6) is 0 Å². The predicted octanol–water partition coefficient (Wildman–Crippen LogP) is 1.55. The molecule has 0 fully saturated rings. The minimum Gasteiger partial charge on any atom is -0.266 e. The SMILES string of the molecule is C[C@@H]1C=NC(c2cccnc2)=NC1. The van der Waals surface area contributed by atoms with E-state index in [1.165, 1.54) is 0 Å². The van der Waals surface area contributed by atoms with Gasteiger partial charge >= 0.3 is 0 Å². The standard InChI is InChI=1S/C10H11N3/c1-8-5-12-10(13-6-8)9-3-2-4-11-7-9/h2-5,7-8H,6H2,1H3/t8-/m1/s1. The van der Waals surface area contributed by atoms with Gasteiger partial charge in [-0.2, -0.15) is 0 Å². The molecule has 66 valence electrons. The Morgan fingerprint density at radius 1 is 1.46 bits per heavy atom. The molecule has 3 nitrogen and oxygen atoms in total. The summed E-state index contributed by atoms with van der Waals surface area (Å²) in [6, 6.07) is 3.87. The lowest BCUT2D eigenvalue weighted by Crippen LogP contribution is -2.12. The molecule has 0 saturated carbocycles. The summed E-state index contributed by atoms with van der Waals surface area (Å²) in [6.45, 7) is 2.93. The Morgan fingerprint density at radius 2 is 2.38 bits per heavy atom. The molecule has 0 bridgehead atoms. The van der Waals surface area contributed by atoms with Gasteiger partial charge in [-0.1, -0.05) is 6.92 Å². The number of hydrogen-bond acceptors (Lipinski definition) is 3. The lowest BCUT2D eigenvalue weighted by atomic mass is 10.2. The predicted molar refractivity (Wildman–Crippen MR) is 53.3 cm³/mol. The molecule has 0 N–H and O–H groups in total. The van der Waals surface area contributed by atoms with Gasteiger partial charge < -0.3 is 0 Å². The summed E-state index contributed by atoms with van der Waals surface area (Å²) in [5.74, 6) is 1.26. The molecule has 1 atom stereocenters. The van der Waals surface area contributed by atoms with Gasteiger partial charge in [0.25, 0.3) is 0 Å². The highest BCUT2D eigenvalue weighted by molar-refractivity contribution is 6.03. The molecule has 3 heteroatoms. The van der Waals surface area contributed by atoms with Gasteiger partial charge in [0.05, 0.1) is 0 Å². The topological polar surface area (TPSA) is 37.6 Å². The molecule has 1 aromatic rings. The van der Waals surface area contributed by atoms with Crippen molar-refractivity contribution in [2.75, 3.05) is 6.54 Å². The maximum Gasteiger partial charge on any atom is 0.155 e. The van der Waals surface area contributed by atoms with Crippen molar-refractivity contribution in [2.45, 2.75) is 6.92 Å². The van der Waals surface area contributed by atoms with E-state index < -0.39 is 0 Å². The first-order valence-corrected chi connectivity index (χ1v) is 4.35. The average Bonchev–Trinajstić information content (AvgIpc) is 2.20. The van der Waals surface area contributed by atoms with E-state index in [2.05, 4.69) is 21.9 Å². The number of rotatable bonds is 1. The lowest BCUT2D eigenvalue weighted by molar-refractivity contribution is 0.788. The summed E-state index contributed by atoms with van der Waals surface area (Å²) in [7, 11) is 0. The molecule has 0 amide bonds. The highest BCUT2D eigenvalue weighted by atomic mass is 14.9. The zero-order valence-electron chi connectivity index (χ0n) is 7.51. The van der Waals surface area contributed by atoms with Crippen molar-refractivity contribution in [3.63, 3.8) is 0 Å². The van der Waals surface area contributed by atoms with E-state index in [1.54, 1.807) is 12.4 Å². The van der Waals surface area contributed by atoms with Crippen molar-refractivity contribution in [3.8, 4) is 0 Å². The van der Waals surface area contributed by atoms with Crippen LogP contribution in [0.25, 0.3) is 0 Å². The summed E-state index contributed by atoms with van der Waals surface area (Å²) >= 11 is 0. The number of aromatic nitrogens is 1. The highest BCUT2D eigenvalue weighted by Crippen LogP contribution is 2.06. The highest BCUT2D eigenvalue weighted by Gasteiger charge is 2.07. The van der Waals surface area contributed by atoms with Crippen LogP contribution in [-0.2, 0) is 0 Å². The second-order valence-electron chi connectivity index (χ2n) is 3.16. The van der Waals surface area contributed by atoms with Crippen molar-refractivity contribution >= 4 is 12.1 Å². The normalized spacial score (nSPS) is 21.3. The molecular weight excluding hydrogens is 162 g/mol. The van der Waals surface area contributed by atoms with Gasteiger partial charge in [0.1, 0.15) is 0 Å². The molecular formula is C10H11N3. The largest absolute Gasteiger partial charge is 0.266 e. The smallest absolute Gasteiger partial charge is 0.155 e. The van der Waals surface area contributed by atoms with Crippen molar-refractivity contribution in [2.24, 2.45) is 15.9 Å². The maximum atomic E-state index is 4.36. The molecule has 1 aliphatic rings. The monoisotopic (exact) mass is 173 g/mol. The molecule has 0 unspecified atom stereocenters. The van der Waals surface area contributed by atoms with E-state index in [1.807, 2.05) is 18.3 Å². The summed E-state index contributed by atoms with van der Waals surface area (Å²) in [5, 5.41) is 0. The summed E-state index contributed by atoms with van der Waals surface area (Å²) < 4.78 is 0. The number of hydrogen-bond donors (Lipinski definition) is 0. The Balaban J connectivity index is 2.25. The summed E-state index contributed by atoms with van der Waals surface area (Å²) in [5.41, 5.74) is 0.991. The third-order valence-electron chi connectivity index (χ3n) is 1.90. The van der Waals surface area contributed by atoms with E-state index in [0.29, 0.717) is 5.92 Å². The minimum absolute atomic E-state index is 0.459. The quantitative estimate of drug-likeness (QED) is 0.634. The van der Waals surface area contributed by atoms with Crippen LogP contribution < -0.4 is 0 Å². The molecule has 0 aliphatic carbocycles. The van der Waals surface area contributed by atoms with E-state index in [4.69, 9.17) is 0 Å². The first kappa shape index (κ1) is 8.10. The zero-order chi connectivity index (χ0) is 9.10. The van der Waals surface area contributed by atoms with Gasteiger partial charge in [-0.05, 0) is 12.1 Å². The van der Waals surface area contributed by atoms with Gasteiger partial charge in [0.15, 0.2) is 5.84 Å². The van der Waals surface area contributed by atoms with E-state index in [-0.39, 0.29) is 0 Å². The number of nitrogens with zero attached hydrogens (tertiary/aromatic N) is 3. The van der Waals surface area contributed by atoms with Crippen molar-refractivity contribution < 1.29 is 0 Å². The van der Waals surface area contributed by atoms with Crippen LogP contribution in [0.3, 0.4) is 0 Å². The molecule has 1 aliphatic heterocycles. The second-order valence-corrected chi connectivity index (χ2v) is 3.16. The molecule has 0 spiro atoms. The van der Waals surface area contributed by atoms with E-state index >= 15 is 0 Å². The van der Waals surface area contributed by atoms with E-state index in [0.717, 1.165) is 17.9 Å². The molecule has 13 heavy (non-hydrogen) atoms. The van der Waals surface area contributed by atoms with Crippen LogP contribution in [0.4, 0.5) is 0 Å². The maximum absolute atomic E-state index is 4.36. The average molecular weight is 173 g/mol. The first-order chi connectivity index (χ1) is 6.36. The Kier molecular flexibility index (Phi) is 2.17. The van der Waals surface area contributed by atoms with Gasteiger partial charge in [-0.3, -0.25) is 9.98 Å². The molecule has 2 rings (SSSR count). The van der Waals surface area contributed by atoms with Crippen LogP contribution >= 0.6 is 0 Å². The molecule has 2 heterocycles. The number of amidine groups is 1. The third kappa shape index (κ3) is 1.80. The van der Waals surface area contributed by atoms with Gasteiger partial charge in [0.2, 0.25) is 0 Å². The van der Waals surface area contributed by atoms with Crippen molar-refractivity contribution in [1.29, 1.82) is 0 Å². The van der Waals surface area contributed by atoms with Gasteiger partial charge in [0, 0.05) is 36.6 Å². The second kappa shape index (κ2) is 3.47. The van der Waals surface area contributed by atoms with Crippen LogP contribution in [0.2, 0.25) is 0 Å². The minimum atomic E-state index is 0.459. The van der Waals surface area contributed by atoms with Gasteiger partial charge in [-0.15, -0.1) is 0 Å². The summed E-state index contributed by atoms with van der Waals surface area (Å²) in [6.07, 6.45) is 5.47.